The van der Waals surface area contributed by atoms with Crippen LogP contribution in [0.15, 0.2) is 9.30 Å². The van der Waals surface area contributed by atoms with Crippen molar-refractivity contribution in [2.75, 3.05) is 13.1 Å². The van der Waals surface area contributed by atoms with Gasteiger partial charge in [0.25, 0.3) is 0 Å². The number of hydrogen-bond donors (Lipinski definition) is 2. The fraction of sp³-hybridized carbons (Fsp3) is 0.500. The molecule has 0 bridgehead atoms. The monoisotopic (exact) mass is 332 g/mol. The Balaban J connectivity index is 0.000000185. The van der Waals surface area contributed by atoms with Crippen molar-refractivity contribution in [1.82, 2.24) is 10.3 Å². The third kappa shape index (κ3) is 4.60. The summed E-state index contributed by atoms with van der Waals surface area (Å²) in [5.41, 5.74) is 1.23. The molecule has 0 unspecified atom stereocenters. The van der Waals surface area contributed by atoms with E-state index in [0.717, 1.165) is 17.0 Å². The normalized spacial score (nSPS) is 15.8. The fourth-order valence-corrected chi connectivity index (χ4v) is 2.05. The van der Waals surface area contributed by atoms with Crippen LogP contribution in [0.4, 0.5) is 13.2 Å². The van der Waals surface area contributed by atoms with Crippen molar-refractivity contribution in [3.8, 4) is 0 Å². The van der Waals surface area contributed by atoms with Gasteiger partial charge >= 0.3 is 12.1 Å². The minimum atomic E-state index is -5.08. The van der Waals surface area contributed by atoms with E-state index in [1.165, 1.54) is 5.69 Å². The van der Waals surface area contributed by atoms with Crippen LogP contribution in [-0.2, 0) is 4.79 Å². The highest BCUT2D eigenvalue weighted by atomic mass is 79.9. The van der Waals surface area contributed by atoms with Gasteiger partial charge in [-0.3, -0.25) is 0 Å². The van der Waals surface area contributed by atoms with Crippen molar-refractivity contribution < 1.29 is 23.1 Å². The Hall–Kier alpha value is -0.670. The number of hydrogen-bond acceptors (Lipinski definition) is 4. The van der Waals surface area contributed by atoms with Gasteiger partial charge in [0.15, 0.2) is 3.92 Å². The maximum atomic E-state index is 10.6. The zero-order valence-electron chi connectivity index (χ0n) is 8.29. The van der Waals surface area contributed by atoms with Crippen molar-refractivity contribution in [2.45, 2.75) is 12.1 Å². The number of aliphatic carboxylic acids is 1. The molecule has 2 heterocycles. The number of thiazole rings is 1. The van der Waals surface area contributed by atoms with Crippen LogP contribution in [0.2, 0.25) is 0 Å². The largest absolute Gasteiger partial charge is 0.490 e. The van der Waals surface area contributed by atoms with Gasteiger partial charge in [0.2, 0.25) is 0 Å². The Morgan fingerprint density at radius 3 is 2.35 bits per heavy atom. The van der Waals surface area contributed by atoms with Crippen LogP contribution in [0.5, 0.6) is 0 Å². The summed E-state index contributed by atoms with van der Waals surface area (Å²) in [7, 11) is 0. The highest BCUT2D eigenvalue weighted by Gasteiger charge is 2.38. The number of rotatable bonds is 1. The summed E-state index contributed by atoms with van der Waals surface area (Å²) in [4.78, 5) is 13.2. The first kappa shape index (κ1) is 14.4. The topological polar surface area (TPSA) is 62.2 Å². The molecule has 0 spiro atoms. The Morgan fingerprint density at radius 2 is 2.12 bits per heavy atom. The van der Waals surface area contributed by atoms with E-state index in [-0.39, 0.29) is 0 Å². The summed E-state index contributed by atoms with van der Waals surface area (Å²) >= 11 is 5.00. The molecule has 2 rings (SSSR count). The average Bonchev–Trinajstić information content (AvgIpc) is 2.48. The second-order valence-corrected chi connectivity index (χ2v) is 5.32. The van der Waals surface area contributed by atoms with Crippen LogP contribution in [-0.4, -0.2) is 35.3 Å². The number of alkyl halides is 3. The molecular weight excluding hydrogens is 325 g/mol. The summed E-state index contributed by atoms with van der Waals surface area (Å²) in [6.45, 7) is 2.19. The first-order valence-electron chi connectivity index (χ1n) is 4.42. The standard InChI is InChI=1S/C6H7BrN2S.C2HF3O2/c7-6-9-5(3-10-6)4-1-8-2-4;3-2(4,5)1(6)7/h3-4,8H,1-2H2;(H,6,7). The Kier molecular flexibility index (Phi) is 4.90. The minimum Gasteiger partial charge on any atom is -0.475 e. The fourth-order valence-electron chi connectivity index (χ4n) is 0.949. The predicted octanol–water partition coefficient (Wildman–Crippen LogP) is 2.23. The highest BCUT2D eigenvalue weighted by Crippen LogP contribution is 2.24. The number of halogens is 4. The number of nitrogens with zero attached hydrogens (tertiary/aromatic N) is 1. The number of carbonyl (C=O) groups is 1. The number of aromatic nitrogens is 1. The Labute approximate surface area is 107 Å². The molecule has 0 atom stereocenters. The molecule has 1 aromatic rings. The van der Waals surface area contributed by atoms with Gasteiger partial charge in [-0.15, -0.1) is 11.3 Å². The van der Waals surface area contributed by atoms with E-state index in [1.54, 1.807) is 11.3 Å². The van der Waals surface area contributed by atoms with Crippen molar-refractivity contribution in [3.63, 3.8) is 0 Å². The molecule has 96 valence electrons. The van der Waals surface area contributed by atoms with Crippen molar-refractivity contribution in [1.29, 1.82) is 0 Å². The molecule has 0 amide bonds. The van der Waals surface area contributed by atoms with Crippen LogP contribution in [0, 0.1) is 0 Å². The van der Waals surface area contributed by atoms with E-state index in [9.17, 15) is 13.2 Å². The predicted molar refractivity (Wildman–Crippen MR) is 59.1 cm³/mol. The lowest BCUT2D eigenvalue weighted by Gasteiger charge is -2.24. The Bertz CT molecular complexity index is 392. The summed E-state index contributed by atoms with van der Waals surface area (Å²) in [6.07, 6.45) is -5.08. The molecule has 0 aromatic carbocycles. The van der Waals surface area contributed by atoms with Gasteiger partial charge in [-0.05, 0) is 15.9 Å². The molecule has 0 saturated carbocycles. The molecule has 9 heteroatoms. The van der Waals surface area contributed by atoms with Gasteiger partial charge in [0.05, 0.1) is 5.69 Å². The molecular formula is C8H8BrF3N2O2S. The second kappa shape index (κ2) is 5.78. The molecule has 0 radical (unpaired) electrons. The lowest BCUT2D eigenvalue weighted by Crippen LogP contribution is -2.40. The van der Waals surface area contributed by atoms with Crippen LogP contribution in [0.25, 0.3) is 0 Å². The quantitative estimate of drug-likeness (QED) is 0.827. The molecule has 1 fully saturated rings. The maximum absolute atomic E-state index is 10.6. The maximum Gasteiger partial charge on any atom is 0.490 e. The summed E-state index contributed by atoms with van der Waals surface area (Å²) in [5, 5.41) is 12.5. The molecule has 2 N–H and O–H groups in total. The zero-order valence-corrected chi connectivity index (χ0v) is 10.7. The molecule has 1 aliphatic heterocycles. The van der Waals surface area contributed by atoms with Crippen LogP contribution in [0.1, 0.15) is 11.6 Å². The van der Waals surface area contributed by atoms with Crippen molar-refractivity contribution >= 4 is 33.2 Å². The summed E-state index contributed by atoms with van der Waals surface area (Å²) in [6, 6.07) is 0. The SMILES string of the molecule is Brc1nc(C2CNC2)cs1.O=C(O)C(F)(F)F. The van der Waals surface area contributed by atoms with Crippen LogP contribution in [0.3, 0.4) is 0 Å². The van der Waals surface area contributed by atoms with E-state index in [4.69, 9.17) is 9.90 Å². The van der Waals surface area contributed by atoms with E-state index in [1.807, 2.05) is 0 Å². The van der Waals surface area contributed by atoms with Crippen molar-refractivity contribution in [2.24, 2.45) is 0 Å². The van der Waals surface area contributed by atoms with Gasteiger partial charge in [-0.2, -0.15) is 13.2 Å². The smallest absolute Gasteiger partial charge is 0.475 e. The van der Waals surface area contributed by atoms with Gasteiger partial charge in [-0.25, -0.2) is 9.78 Å². The van der Waals surface area contributed by atoms with Crippen molar-refractivity contribution in [3.05, 3.63) is 15.0 Å². The number of carboxylic acids is 1. The van der Waals surface area contributed by atoms with E-state index in [0.29, 0.717) is 5.92 Å². The third-order valence-electron chi connectivity index (χ3n) is 1.94. The van der Waals surface area contributed by atoms with Gasteiger partial charge < -0.3 is 10.4 Å². The number of nitrogens with one attached hydrogen (secondary N) is 1. The van der Waals surface area contributed by atoms with Gasteiger partial charge in [0.1, 0.15) is 0 Å². The zero-order chi connectivity index (χ0) is 13.1. The van der Waals surface area contributed by atoms with Crippen LogP contribution >= 0.6 is 27.3 Å². The molecule has 17 heavy (non-hydrogen) atoms. The Morgan fingerprint density at radius 1 is 1.59 bits per heavy atom. The van der Waals surface area contributed by atoms with Gasteiger partial charge in [-0.1, -0.05) is 0 Å². The third-order valence-corrected chi connectivity index (χ3v) is 3.32. The molecule has 1 aliphatic rings. The van der Waals surface area contributed by atoms with Crippen LogP contribution < -0.4 is 5.32 Å². The first-order valence-corrected chi connectivity index (χ1v) is 6.09. The van der Waals surface area contributed by atoms with Gasteiger partial charge in [0, 0.05) is 24.4 Å². The number of carboxylic acid groups (broad SMARTS) is 1. The minimum absolute atomic E-state index is 0.669. The summed E-state index contributed by atoms with van der Waals surface area (Å²) in [5.74, 6) is -2.09. The average molecular weight is 333 g/mol. The lowest BCUT2D eigenvalue weighted by molar-refractivity contribution is -0.192. The van der Waals surface area contributed by atoms with E-state index >= 15 is 0 Å². The molecule has 4 nitrogen and oxygen atoms in total. The van der Waals surface area contributed by atoms with E-state index in [2.05, 4.69) is 31.6 Å². The first-order chi connectivity index (χ1) is 7.80. The summed E-state index contributed by atoms with van der Waals surface area (Å²) < 4.78 is 32.7. The molecule has 0 aliphatic carbocycles. The highest BCUT2D eigenvalue weighted by molar-refractivity contribution is 9.11. The second-order valence-electron chi connectivity index (χ2n) is 3.18. The van der Waals surface area contributed by atoms with E-state index < -0.39 is 12.1 Å². The molecule has 1 saturated heterocycles. The lowest BCUT2D eigenvalue weighted by atomic mass is 10.0. The molecule has 1 aromatic heterocycles.